The average molecular weight is 469 g/mol. The Balaban J connectivity index is 3.02. The monoisotopic (exact) mass is 468 g/mol. The number of carbonyl (C=O) groups is 2. The second kappa shape index (κ2) is 27.2. The summed E-state index contributed by atoms with van der Waals surface area (Å²) in [4.78, 5) is 20.9. The van der Waals surface area contributed by atoms with Gasteiger partial charge in [0.1, 0.15) is 0 Å². The van der Waals surface area contributed by atoms with Gasteiger partial charge in [0.2, 0.25) is 0 Å². The van der Waals surface area contributed by atoms with Crippen molar-refractivity contribution in [3.63, 3.8) is 0 Å². The van der Waals surface area contributed by atoms with Crippen LogP contribution in [0.15, 0.2) is 0 Å². The molecule has 0 fully saturated rings. The smallest absolute Gasteiger partial charge is 0.303 e. The SMILES string of the molecule is O=C(O)CCCCCCCCCCCCCCCCCCCCCCCCCCCC(=O)O. The van der Waals surface area contributed by atoms with Gasteiger partial charge < -0.3 is 10.2 Å². The van der Waals surface area contributed by atoms with Gasteiger partial charge in [-0.05, 0) is 12.8 Å². The topological polar surface area (TPSA) is 74.6 Å². The second-order valence-corrected chi connectivity index (χ2v) is 10.1. The van der Waals surface area contributed by atoms with E-state index in [1.54, 1.807) is 0 Å². The Labute approximate surface area is 205 Å². The molecule has 0 rings (SSSR count). The molecular weight excluding hydrogens is 412 g/mol. The number of aliphatic carboxylic acids is 2. The molecule has 33 heavy (non-hydrogen) atoms. The minimum atomic E-state index is -0.659. The standard InChI is InChI=1S/C29H56O4/c30-28(31)26-24-22-20-18-16-14-12-10-8-6-4-2-1-3-5-7-9-11-13-15-17-19-21-23-25-27-29(32)33/h1-27H2,(H,30,31)(H,32,33). The van der Waals surface area contributed by atoms with Crippen molar-refractivity contribution in [1.82, 2.24) is 0 Å². The number of hydrogen-bond donors (Lipinski definition) is 2. The summed E-state index contributed by atoms with van der Waals surface area (Å²) < 4.78 is 0. The molecule has 0 amide bonds. The molecule has 0 aliphatic carbocycles. The highest BCUT2D eigenvalue weighted by Gasteiger charge is 1.98. The maximum Gasteiger partial charge on any atom is 0.303 e. The van der Waals surface area contributed by atoms with Crippen LogP contribution in [0.5, 0.6) is 0 Å². The lowest BCUT2D eigenvalue weighted by Crippen LogP contribution is -1.93. The van der Waals surface area contributed by atoms with Gasteiger partial charge in [0.25, 0.3) is 0 Å². The molecule has 0 bridgehead atoms. The Hall–Kier alpha value is -1.06. The first-order valence-electron chi connectivity index (χ1n) is 14.6. The summed E-state index contributed by atoms with van der Waals surface area (Å²) in [6.07, 6.45) is 33.1. The van der Waals surface area contributed by atoms with Crippen LogP contribution in [0.3, 0.4) is 0 Å². The van der Waals surface area contributed by atoms with Gasteiger partial charge in [0.15, 0.2) is 0 Å². The molecule has 0 aromatic heterocycles. The maximum absolute atomic E-state index is 10.4. The minimum Gasteiger partial charge on any atom is -0.481 e. The first-order chi connectivity index (χ1) is 16.1. The van der Waals surface area contributed by atoms with Gasteiger partial charge in [0.05, 0.1) is 0 Å². The van der Waals surface area contributed by atoms with Crippen molar-refractivity contribution in [2.24, 2.45) is 0 Å². The molecular formula is C29H56O4. The quantitative estimate of drug-likeness (QED) is 0.112. The number of rotatable bonds is 28. The third kappa shape index (κ3) is 30.9. The number of carboxylic acids is 2. The normalized spacial score (nSPS) is 11.2. The van der Waals surface area contributed by atoms with Gasteiger partial charge in [-0.3, -0.25) is 9.59 Å². The molecule has 2 N–H and O–H groups in total. The lowest BCUT2D eigenvalue weighted by Gasteiger charge is -2.04. The van der Waals surface area contributed by atoms with Crippen molar-refractivity contribution in [3.05, 3.63) is 0 Å². The first-order valence-corrected chi connectivity index (χ1v) is 14.6. The molecule has 4 heteroatoms. The Kier molecular flexibility index (Phi) is 26.3. The molecule has 0 saturated carbocycles. The highest BCUT2D eigenvalue weighted by atomic mass is 16.4. The fraction of sp³-hybridized carbons (Fsp3) is 0.931. The highest BCUT2D eigenvalue weighted by molar-refractivity contribution is 5.66. The molecule has 0 radical (unpaired) electrons. The number of carboxylic acid groups (broad SMARTS) is 2. The largest absolute Gasteiger partial charge is 0.481 e. The fourth-order valence-electron chi connectivity index (χ4n) is 4.62. The van der Waals surface area contributed by atoms with E-state index >= 15 is 0 Å². The Morgan fingerprint density at radius 2 is 0.394 bits per heavy atom. The van der Waals surface area contributed by atoms with Crippen molar-refractivity contribution < 1.29 is 19.8 Å². The van der Waals surface area contributed by atoms with Crippen LogP contribution in [0.4, 0.5) is 0 Å². The lowest BCUT2D eigenvalue weighted by molar-refractivity contribution is -0.138. The van der Waals surface area contributed by atoms with Crippen molar-refractivity contribution in [3.8, 4) is 0 Å². The molecule has 196 valence electrons. The van der Waals surface area contributed by atoms with Crippen LogP contribution in [0, 0.1) is 0 Å². The van der Waals surface area contributed by atoms with Crippen LogP contribution in [-0.2, 0) is 9.59 Å². The summed E-state index contributed by atoms with van der Waals surface area (Å²) in [7, 11) is 0. The Bertz CT molecular complexity index is 384. The molecule has 0 unspecified atom stereocenters. The summed E-state index contributed by atoms with van der Waals surface area (Å²) in [6.45, 7) is 0. The molecule has 0 aliphatic rings. The summed E-state index contributed by atoms with van der Waals surface area (Å²) in [6, 6.07) is 0. The Morgan fingerprint density at radius 1 is 0.273 bits per heavy atom. The third-order valence-corrected chi connectivity index (χ3v) is 6.78. The van der Waals surface area contributed by atoms with E-state index < -0.39 is 11.9 Å². The summed E-state index contributed by atoms with van der Waals surface area (Å²) in [5, 5.41) is 17.2. The zero-order chi connectivity index (χ0) is 24.2. The summed E-state index contributed by atoms with van der Waals surface area (Å²) in [5.74, 6) is -1.32. The van der Waals surface area contributed by atoms with E-state index in [1.807, 2.05) is 0 Å². The zero-order valence-electron chi connectivity index (χ0n) is 21.8. The molecule has 4 nitrogen and oxygen atoms in total. The van der Waals surface area contributed by atoms with Crippen molar-refractivity contribution in [2.45, 2.75) is 173 Å². The average Bonchev–Trinajstić information content (AvgIpc) is 2.78. The maximum atomic E-state index is 10.4. The summed E-state index contributed by atoms with van der Waals surface area (Å²) >= 11 is 0. The van der Waals surface area contributed by atoms with Gasteiger partial charge in [-0.1, -0.05) is 148 Å². The van der Waals surface area contributed by atoms with Crippen LogP contribution in [0.2, 0.25) is 0 Å². The predicted octanol–water partition coefficient (Wildman–Crippen LogP) is 9.69. The van der Waals surface area contributed by atoms with Crippen LogP contribution in [0.1, 0.15) is 173 Å². The van der Waals surface area contributed by atoms with Crippen molar-refractivity contribution in [1.29, 1.82) is 0 Å². The van der Waals surface area contributed by atoms with E-state index in [9.17, 15) is 9.59 Å². The zero-order valence-corrected chi connectivity index (χ0v) is 21.8. The molecule has 0 aromatic carbocycles. The lowest BCUT2D eigenvalue weighted by atomic mass is 10.0. The van der Waals surface area contributed by atoms with Gasteiger partial charge in [0, 0.05) is 12.8 Å². The number of hydrogen-bond acceptors (Lipinski definition) is 2. The second-order valence-electron chi connectivity index (χ2n) is 10.1. The van der Waals surface area contributed by atoms with Gasteiger partial charge >= 0.3 is 11.9 Å². The van der Waals surface area contributed by atoms with E-state index in [-0.39, 0.29) is 0 Å². The molecule has 0 saturated heterocycles. The first kappa shape index (κ1) is 31.9. The molecule has 0 aromatic rings. The van der Waals surface area contributed by atoms with E-state index in [2.05, 4.69) is 0 Å². The van der Waals surface area contributed by atoms with E-state index in [4.69, 9.17) is 10.2 Å². The van der Waals surface area contributed by atoms with Crippen molar-refractivity contribution in [2.75, 3.05) is 0 Å². The van der Waals surface area contributed by atoms with E-state index in [0.717, 1.165) is 25.7 Å². The predicted molar refractivity (Wildman–Crippen MR) is 140 cm³/mol. The molecule has 0 atom stereocenters. The van der Waals surface area contributed by atoms with Crippen LogP contribution in [-0.4, -0.2) is 22.2 Å². The minimum absolute atomic E-state index is 0.335. The molecule has 0 aliphatic heterocycles. The Morgan fingerprint density at radius 3 is 0.515 bits per heavy atom. The van der Waals surface area contributed by atoms with E-state index in [0.29, 0.717) is 12.8 Å². The molecule has 0 heterocycles. The van der Waals surface area contributed by atoms with E-state index in [1.165, 1.54) is 135 Å². The third-order valence-electron chi connectivity index (χ3n) is 6.78. The number of unbranched alkanes of at least 4 members (excludes halogenated alkanes) is 24. The van der Waals surface area contributed by atoms with Crippen molar-refractivity contribution >= 4 is 11.9 Å². The highest BCUT2D eigenvalue weighted by Crippen LogP contribution is 2.16. The van der Waals surface area contributed by atoms with Crippen LogP contribution >= 0.6 is 0 Å². The van der Waals surface area contributed by atoms with Gasteiger partial charge in [-0.25, -0.2) is 0 Å². The fourth-order valence-corrected chi connectivity index (χ4v) is 4.62. The molecule has 0 spiro atoms. The summed E-state index contributed by atoms with van der Waals surface area (Å²) in [5.41, 5.74) is 0. The van der Waals surface area contributed by atoms with Crippen LogP contribution in [0.25, 0.3) is 0 Å². The van der Waals surface area contributed by atoms with Gasteiger partial charge in [-0.15, -0.1) is 0 Å². The van der Waals surface area contributed by atoms with Crippen LogP contribution < -0.4 is 0 Å². The van der Waals surface area contributed by atoms with Gasteiger partial charge in [-0.2, -0.15) is 0 Å².